The van der Waals surface area contributed by atoms with Crippen molar-refractivity contribution in [3.05, 3.63) is 42.8 Å². The highest BCUT2D eigenvalue weighted by Gasteiger charge is 2.32. The highest BCUT2D eigenvalue weighted by atomic mass is 16.7. The fourth-order valence-electron chi connectivity index (χ4n) is 1.72. The van der Waals surface area contributed by atoms with Crippen LogP contribution in [0.4, 0.5) is 0 Å². The summed E-state index contributed by atoms with van der Waals surface area (Å²) in [5.74, 6) is -1.14. The van der Waals surface area contributed by atoms with Crippen molar-refractivity contribution in [2.24, 2.45) is 0 Å². The molecule has 2 rings (SSSR count). The fourth-order valence-corrected chi connectivity index (χ4v) is 1.72. The standard InChI is InChI=1S/C14H17NO3/c1-3-14(2)17-9-12(10-18-14)15-13(16)11-7-5-4-6-8-11/h2,4-8,12H,3,9-10H2,1H3,(H,15,16). The maximum atomic E-state index is 11.9. The maximum Gasteiger partial charge on any atom is 0.251 e. The van der Waals surface area contributed by atoms with Crippen LogP contribution < -0.4 is 5.32 Å². The number of hydrogen-bond acceptors (Lipinski definition) is 3. The molecule has 18 heavy (non-hydrogen) atoms. The third-order valence-corrected chi connectivity index (χ3v) is 2.92. The van der Waals surface area contributed by atoms with Crippen LogP contribution in [0.3, 0.4) is 0 Å². The molecule has 1 fully saturated rings. The molecule has 96 valence electrons. The lowest BCUT2D eigenvalue weighted by atomic mass is 10.1. The predicted octanol–water partition coefficient (Wildman–Crippen LogP) is 1.65. The second-order valence-electron chi connectivity index (χ2n) is 4.32. The van der Waals surface area contributed by atoms with E-state index in [1.165, 1.54) is 0 Å². The molecular formula is C14H17NO3. The molecule has 4 nitrogen and oxygen atoms in total. The van der Waals surface area contributed by atoms with Gasteiger partial charge in [0.2, 0.25) is 0 Å². The number of carbonyl (C=O) groups is 1. The summed E-state index contributed by atoms with van der Waals surface area (Å²) in [7, 11) is 0. The molecule has 0 aliphatic carbocycles. The molecule has 0 atom stereocenters. The van der Waals surface area contributed by atoms with E-state index < -0.39 is 5.79 Å². The van der Waals surface area contributed by atoms with E-state index in [1.54, 1.807) is 12.1 Å². The number of hydrogen-bond donors (Lipinski definition) is 1. The molecule has 0 bridgehead atoms. The molecule has 1 aromatic carbocycles. The van der Waals surface area contributed by atoms with Gasteiger partial charge in [0.25, 0.3) is 5.91 Å². The summed E-state index contributed by atoms with van der Waals surface area (Å²) in [4.78, 5) is 11.9. The quantitative estimate of drug-likeness (QED) is 0.883. The average Bonchev–Trinajstić information content (AvgIpc) is 2.42. The maximum absolute atomic E-state index is 11.9. The minimum absolute atomic E-state index is 0.131. The van der Waals surface area contributed by atoms with Crippen LogP contribution in [0.15, 0.2) is 30.3 Å². The van der Waals surface area contributed by atoms with Gasteiger partial charge < -0.3 is 14.8 Å². The van der Waals surface area contributed by atoms with Crippen LogP contribution in [0.25, 0.3) is 0 Å². The fraction of sp³-hybridized carbons (Fsp3) is 0.429. The molecule has 1 amide bonds. The van der Waals surface area contributed by atoms with E-state index in [9.17, 15) is 4.79 Å². The van der Waals surface area contributed by atoms with E-state index in [-0.39, 0.29) is 11.9 Å². The number of amides is 1. The molecule has 1 aliphatic rings. The second-order valence-corrected chi connectivity index (χ2v) is 4.32. The normalized spacial score (nSPS) is 27.8. The molecule has 0 unspecified atom stereocenters. The summed E-state index contributed by atoms with van der Waals surface area (Å²) in [6.07, 6.45) is 0.576. The summed E-state index contributed by atoms with van der Waals surface area (Å²) in [5, 5.41) is 2.85. The zero-order valence-corrected chi connectivity index (χ0v) is 10.4. The van der Waals surface area contributed by atoms with Crippen molar-refractivity contribution in [2.45, 2.75) is 25.2 Å². The van der Waals surface area contributed by atoms with Gasteiger partial charge in [-0.2, -0.15) is 0 Å². The monoisotopic (exact) mass is 247 g/mol. The largest absolute Gasteiger partial charge is 0.347 e. The van der Waals surface area contributed by atoms with Gasteiger partial charge in [0, 0.05) is 12.5 Å². The second kappa shape index (κ2) is 5.50. The van der Waals surface area contributed by atoms with Crippen LogP contribution in [0.5, 0.6) is 0 Å². The zero-order valence-electron chi connectivity index (χ0n) is 10.4. The molecule has 1 aliphatic heterocycles. The Kier molecular flexibility index (Phi) is 3.99. The third kappa shape index (κ3) is 3.09. The number of carbonyl (C=O) groups excluding carboxylic acids is 1. The first-order chi connectivity index (χ1) is 8.63. The van der Waals surface area contributed by atoms with Crippen LogP contribution in [0.2, 0.25) is 0 Å². The van der Waals surface area contributed by atoms with Gasteiger partial charge in [-0.15, -0.1) is 0 Å². The van der Waals surface area contributed by atoms with E-state index in [0.717, 1.165) is 0 Å². The number of rotatable bonds is 3. The molecule has 2 radical (unpaired) electrons. The Balaban J connectivity index is 1.87. The third-order valence-electron chi connectivity index (χ3n) is 2.92. The first kappa shape index (κ1) is 13.1. The van der Waals surface area contributed by atoms with E-state index in [2.05, 4.69) is 5.32 Å². The van der Waals surface area contributed by atoms with Gasteiger partial charge in [0.15, 0.2) is 5.79 Å². The van der Waals surface area contributed by atoms with Crippen LogP contribution in [0, 0.1) is 6.92 Å². The van der Waals surface area contributed by atoms with Crippen molar-refractivity contribution < 1.29 is 14.3 Å². The average molecular weight is 247 g/mol. The van der Waals surface area contributed by atoms with Crippen molar-refractivity contribution in [2.75, 3.05) is 13.2 Å². The Morgan fingerprint density at radius 1 is 1.39 bits per heavy atom. The highest BCUT2D eigenvalue weighted by Crippen LogP contribution is 2.21. The number of nitrogens with one attached hydrogen (secondary N) is 1. The van der Waals surface area contributed by atoms with Crippen LogP contribution in [-0.4, -0.2) is 30.9 Å². The van der Waals surface area contributed by atoms with Crippen LogP contribution in [0.1, 0.15) is 23.7 Å². The Morgan fingerprint density at radius 3 is 2.56 bits per heavy atom. The Labute approximate surface area is 107 Å². The van der Waals surface area contributed by atoms with Crippen molar-refractivity contribution >= 4 is 5.91 Å². The summed E-state index contributed by atoms with van der Waals surface area (Å²) in [6.45, 7) is 8.43. The first-order valence-corrected chi connectivity index (χ1v) is 6.05. The van der Waals surface area contributed by atoms with E-state index in [0.29, 0.717) is 25.2 Å². The first-order valence-electron chi connectivity index (χ1n) is 6.05. The smallest absolute Gasteiger partial charge is 0.251 e. The summed E-state index contributed by atoms with van der Waals surface area (Å²) in [5.41, 5.74) is 0.623. The van der Waals surface area contributed by atoms with Gasteiger partial charge in [0.1, 0.15) is 0 Å². The molecule has 1 saturated heterocycles. The van der Waals surface area contributed by atoms with Gasteiger partial charge in [-0.05, 0) is 18.6 Å². The Hall–Kier alpha value is -1.39. The minimum Gasteiger partial charge on any atom is -0.347 e. The van der Waals surface area contributed by atoms with Crippen LogP contribution in [-0.2, 0) is 9.47 Å². The van der Waals surface area contributed by atoms with E-state index in [4.69, 9.17) is 16.4 Å². The van der Waals surface area contributed by atoms with Gasteiger partial charge in [-0.3, -0.25) is 4.79 Å². The van der Waals surface area contributed by atoms with Crippen LogP contribution >= 0.6 is 0 Å². The van der Waals surface area contributed by atoms with Crippen molar-refractivity contribution in [3.8, 4) is 0 Å². The zero-order chi connectivity index (χ0) is 13.0. The predicted molar refractivity (Wildman–Crippen MR) is 66.9 cm³/mol. The van der Waals surface area contributed by atoms with E-state index >= 15 is 0 Å². The van der Waals surface area contributed by atoms with Crippen molar-refractivity contribution in [1.82, 2.24) is 5.32 Å². The summed E-state index contributed by atoms with van der Waals surface area (Å²) >= 11 is 0. The lowest BCUT2D eigenvalue weighted by Crippen LogP contribution is -2.51. The highest BCUT2D eigenvalue weighted by molar-refractivity contribution is 5.94. The molecule has 0 saturated carbocycles. The molecule has 0 aromatic heterocycles. The Bertz CT molecular complexity index is 397. The molecule has 4 heteroatoms. The van der Waals surface area contributed by atoms with Gasteiger partial charge in [-0.25, -0.2) is 0 Å². The van der Waals surface area contributed by atoms with Gasteiger partial charge >= 0.3 is 0 Å². The molecule has 1 aromatic rings. The summed E-state index contributed by atoms with van der Waals surface area (Å²) < 4.78 is 10.8. The number of benzene rings is 1. The topological polar surface area (TPSA) is 47.6 Å². The Morgan fingerprint density at radius 2 is 2.00 bits per heavy atom. The lowest BCUT2D eigenvalue weighted by molar-refractivity contribution is -0.247. The molecule has 0 spiro atoms. The lowest BCUT2D eigenvalue weighted by Gasteiger charge is -2.36. The van der Waals surface area contributed by atoms with E-state index in [1.807, 2.05) is 25.1 Å². The number of ether oxygens (including phenoxy) is 2. The minimum atomic E-state index is -1.01. The molecule has 1 N–H and O–H groups in total. The molecule has 1 heterocycles. The van der Waals surface area contributed by atoms with Crippen molar-refractivity contribution in [1.29, 1.82) is 0 Å². The van der Waals surface area contributed by atoms with Gasteiger partial charge in [-0.1, -0.05) is 25.1 Å². The van der Waals surface area contributed by atoms with Crippen molar-refractivity contribution in [3.63, 3.8) is 0 Å². The van der Waals surface area contributed by atoms with Gasteiger partial charge in [0.05, 0.1) is 19.3 Å². The summed E-state index contributed by atoms with van der Waals surface area (Å²) in [6, 6.07) is 8.88. The molecular weight excluding hydrogens is 230 g/mol. The SMILES string of the molecule is [CH]C1(CC)OCC(NC(=O)c2ccccc2)CO1.